The molecule has 0 bridgehead atoms. The minimum atomic E-state index is -0.236. The Kier molecular flexibility index (Phi) is 7.00. The van der Waals surface area contributed by atoms with Gasteiger partial charge in [-0.05, 0) is 37.9 Å². The summed E-state index contributed by atoms with van der Waals surface area (Å²) >= 11 is 0. The normalized spacial score (nSPS) is 17.5. The summed E-state index contributed by atoms with van der Waals surface area (Å²) in [4.78, 5) is 29.3. The van der Waals surface area contributed by atoms with Crippen LogP contribution in [0.4, 0.5) is 0 Å². The first-order chi connectivity index (χ1) is 11.2. The van der Waals surface area contributed by atoms with E-state index in [0.29, 0.717) is 19.6 Å². The predicted molar refractivity (Wildman–Crippen MR) is 86.5 cm³/mol. The maximum absolute atomic E-state index is 12.0. The van der Waals surface area contributed by atoms with Crippen molar-refractivity contribution in [3.8, 4) is 0 Å². The molecule has 1 atom stereocenters. The Morgan fingerprint density at radius 3 is 3.13 bits per heavy atom. The van der Waals surface area contributed by atoms with Crippen LogP contribution in [0.3, 0.4) is 0 Å². The van der Waals surface area contributed by atoms with E-state index in [-0.39, 0.29) is 24.3 Å². The SMILES string of the molecule is CCOC(=O)CCN1C(=O)CC[C@@H]1CCNCc1cccnc1. The van der Waals surface area contributed by atoms with Gasteiger partial charge in [0.15, 0.2) is 0 Å². The van der Waals surface area contributed by atoms with Gasteiger partial charge < -0.3 is 15.0 Å². The van der Waals surface area contributed by atoms with Crippen LogP contribution in [0.15, 0.2) is 24.5 Å². The molecule has 0 aromatic carbocycles. The van der Waals surface area contributed by atoms with E-state index < -0.39 is 0 Å². The molecule has 1 aliphatic heterocycles. The van der Waals surface area contributed by atoms with Crippen molar-refractivity contribution in [3.63, 3.8) is 0 Å². The summed E-state index contributed by atoms with van der Waals surface area (Å²) in [5.41, 5.74) is 1.15. The summed E-state index contributed by atoms with van der Waals surface area (Å²) in [5.74, 6) is -0.0905. The third-order valence-electron chi connectivity index (χ3n) is 4.02. The van der Waals surface area contributed by atoms with Gasteiger partial charge in [-0.25, -0.2) is 0 Å². The van der Waals surface area contributed by atoms with Crippen LogP contribution in [0.2, 0.25) is 0 Å². The van der Waals surface area contributed by atoms with Crippen LogP contribution in [-0.4, -0.2) is 47.5 Å². The lowest BCUT2D eigenvalue weighted by atomic mass is 10.1. The first-order valence-corrected chi connectivity index (χ1v) is 8.25. The number of carbonyl (C=O) groups excluding carboxylic acids is 2. The number of carbonyl (C=O) groups is 2. The van der Waals surface area contributed by atoms with Crippen LogP contribution < -0.4 is 5.32 Å². The fourth-order valence-corrected chi connectivity index (χ4v) is 2.85. The summed E-state index contributed by atoms with van der Waals surface area (Å²) in [7, 11) is 0. The molecule has 1 fully saturated rings. The van der Waals surface area contributed by atoms with Gasteiger partial charge in [-0.3, -0.25) is 14.6 Å². The molecule has 0 radical (unpaired) electrons. The maximum Gasteiger partial charge on any atom is 0.307 e. The van der Waals surface area contributed by atoms with E-state index in [0.717, 1.165) is 31.5 Å². The Hall–Kier alpha value is -1.95. The van der Waals surface area contributed by atoms with E-state index in [1.54, 1.807) is 13.1 Å². The number of likely N-dealkylation sites (tertiary alicyclic amines) is 1. The average molecular weight is 319 g/mol. The topological polar surface area (TPSA) is 71.5 Å². The fraction of sp³-hybridized carbons (Fsp3) is 0.588. The highest BCUT2D eigenvalue weighted by Gasteiger charge is 2.30. The van der Waals surface area contributed by atoms with Crippen molar-refractivity contribution < 1.29 is 14.3 Å². The number of nitrogens with zero attached hydrogens (tertiary/aromatic N) is 2. The lowest BCUT2D eigenvalue weighted by molar-refractivity contribution is -0.144. The summed E-state index contributed by atoms with van der Waals surface area (Å²) in [6.45, 7) is 4.25. The van der Waals surface area contributed by atoms with Crippen molar-refractivity contribution in [1.29, 1.82) is 0 Å². The lowest BCUT2D eigenvalue weighted by Gasteiger charge is -2.24. The molecule has 1 aromatic heterocycles. The third-order valence-corrected chi connectivity index (χ3v) is 4.02. The van der Waals surface area contributed by atoms with Gasteiger partial charge in [-0.1, -0.05) is 6.07 Å². The second-order valence-corrected chi connectivity index (χ2v) is 5.66. The third kappa shape index (κ3) is 5.63. The number of esters is 1. The highest BCUT2D eigenvalue weighted by atomic mass is 16.5. The quantitative estimate of drug-likeness (QED) is 0.552. The molecule has 0 unspecified atom stereocenters. The number of pyridine rings is 1. The Bertz CT molecular complexity index is 507. The maximum atomic E-state index is 12.0. The van der Waals surface area contributed by atoms with E-state index in [1.165, 1.54) is 0 Å². The zero-order chi connectivity index (χ0) is 16.5. The lowest BCUT2D eigenvalue weighted by Crippen LogP contribution is -2.36. The zero-order valence-electron chi connectivity index (χ0n) is 13.7. The predicted octanol–water partition coefficient (Wildman–Crippen LogP) is 1.51. The molecule has 23 heavy (non-hydrogen) atoms. The van der Waals surface area contributed by atoms with Crippen molar-refractivity contribution in [2.45, 2.75) is 45.2 Å². The Balaban J connectivity index is 1.70. The van der Waals surface area contributed by atoms with Gasteiger partial charge in [0, 0.05) is 37.9 Å². The minimum absolute atomic E-state index is 0.145. The van der Waals surface area contributed by atoms with Crippen LogP contribution in [0.5, 0.6) is 0 Å². The number of hydrogen-bond acceptors (Lipinski definition) is 5. The van der Waals surface area contributed by atoms with Crippen LogP contribution in [-0.2, 0) is 20.9 Å². The minimum Gasteiger partial charge on any atom is -0.466 e. The molecule has 6 nitrogen and oxygen atoms in total. The molecule has 0 spiro atoms. The van der Waals surface area contributed by atoms with E-state index in [9.17, 15) is 9.59 Å². The van der Waals surface area contributed by atoms with Gasteiger partial charge in [-0.2, -0.15) is 0 Å². The largest absolute Gasteiger partial charge is 0.466 e. The van der Waals surface area contributed by atoms with Crippen LogP contribution >= 0.6 is 0 Å². The van der Waals surface area contributed by atoms with E-state index >= 15 is 0 Å². The second-order valence-electron chi connectivity index (χ2n) is 5.66. The molecule has 1 N–H and O–H groups in total. The van der Waals surface area contributed by atoms with E-state index in [2.05, 4.69) is 10.3 Å². The fourth-order valence-electron chi connectivity index (χ4n) is 2.85. The summed E-state index contributed by atoms with van der Waals surface area (Å²) < 4.78 is 4.92. The molecule has 1 aromatic rings. The van der Waals surface area contributed by atoms with E-state index in [1.807, 2.05) is 23.2 Å². The first kappa shape index (κ1) is 17.4. The van der Waals surface area contributed by atoms with Gasteiger partial charge in [-0.15, -0.1) is 0 Å². The van der Waals surface area contributed by atoms with Gasteiger partial charge in [0.1, 0.15) is 0 Å². The molecule has 1 amide bonds. The van der Waals surface area contributed by atoms with Gasteiger partial charge in [0.2, 0.25) is 5.91 Å². The first-order valence-electron chi connectivity index (χ1n) is 8.25. The van der Waals surface area contributed by atoms with Gasteiger partial charge >= 0.3 is 5.97 Å². The van der Waals surface area contributed by atoms with Crippen molar-refractivity contribution in [3.05, 3.63) is 30.1 Å². The van der Waals surface area contributed by atoms with Crippen molar-refractivity contribution in [2.75, 3.05) is 19.7 Å². The van der Waals surface area contributed by atoms with E-state index in [4.69, 9.17) is 4.74 Å². The second kappa shape index (κ2) is 9.25. The van der Waals surface area contributed by atoms with Crippen LogP contribution in [0, 0.1) is 0 Å². The molecule has 0 aliphatic carbocycles. The molecule has 1 aliphatic rings. The number of nitrogens with one attached hydrogen (secondary N) is 1. The summed E-state index contributed by atoms with van der Waals surface area (Å²) in [6.07, 6.45) is 6.23. The van der Waals surface area contributed by atoms with Crippen LogP contribution in [0.25, 0.3) is 0 Å². The number of rotatable bonds is 9. The zero-order valence-corrected chi connectivity index (χ0v) is 13.7. The number of ether oxygens (including phenoxy) is 1. The number of hydrogen-bond donors (Lipinski definition) is 1. The highest BCUT2D eigenvalue weighted by molar-refractivity contribution is 5.79. The van der Waals surface area contributed by atoms with Crippen molar-refractivity contribution in [1.82, 2.24) is 15.2 Å². The average Bonchev–Trinajstić information content (AvgIpc) is 2.91. The Morgan fingerprint density at radius 1 is 1.52 bits per heavy atom. The molecule has 2 rings (SSSR count). The number of aromatic nitrogens is 1. The van der Waals surface area contributed by atoms with Crippen molar-refractivity contribution >= 4 is 11.9 Å². The van der Waals surface area contributed by atoms with Crippen LogP contribution in [0.1, 0.15) is 38.2 Å². The molecule has 1 saturated heterocycles. The molecule has 0 saturated carbocycles. The van der Waals surface area contributed by atoms with Gasteiger partial charge in [0.05, 0.1) is 13.0 Å². The molecule has 6 heteroatoms. The standard InChI is InChI=1S/C17H25N3O3/c1-2-23-17(22)8-11-20-15(5-6-16(20)21)7-10-19-13-14-4-3-9-18-12-14/h3-4,9,12,15,19H,2,5-8,10-11,13H2,1H3/t15-/m1/s1. The number of amides is 1. The molecular formula is C17H25N3O3. The monoisotopic (exact) mass is 319 g/mol. The Morgan fingerprint density at radius 2 is 2.39 bits per heavy atom. The summed E-state index contributed by atoms with van der Waals surface area (Å²) in [5, 5.41) is 3.38. The van der Waals surface area contributed by atoms with Crippen molar-refractivity contribution in [2.24, 2.45) is 0 Å². The summed E-state index contributed by atoms with van der Waals surface area (Å²) in [6, 6.07) is 4.17. The Labute approximate surface area is 137 Å². The molecular weight excluding hydrogens is 294 g/mol. The smallest absolute Gasteiger partial charge is 0.307 e. The highest BCUT2D eigenvalue weighted by Crippen LogP contribution is 2.21. The van der Waals surface area contributed by atoms with Gasteiger partial charge in [0.25, 0.3) is 0 Å². The molecule has 2 heterocycles. The molecule has 126 valence electrons.